The molecular weight excluding hydrogens is 300 g/mol. The van der Waals surface area contributed by atoms with E-state index in [9.17, 15) is 19.5 Å². The summed E-state index contributed by atoms with van der Waals surface area (Å²) in [5.41, 5.74) is 0.786. The van der Waals surface area contributed by atoms with Gasteiger partial charge in [-0.05, 0) is 19.4 Å². The van der Waals surface area contributed by atoms with E-state index in [0.717, 1.165) is 4.88 Å². The number of amides is 2. The fraction of sp³-hybridized carbons (Fsp3) is 0.417. The number of carboxylic acid groups (broad SMARTS) is 1. The number of nitrogens with one attached hydrogen (secondary N) is 1. The molecule has 108 valence electrons. The second kappa shape index (κ2) is 5.84. The van der Waals surface area contributed by atoms with Gasteiger partial charge in [0.05, 0.1) is 17.2 Å². The summed E-state index contributed by atoms with van der Waals surface area (Å²) in [5, 5.41) is 12.1. The third kappa shape index (κ3) is 2.96. The van der Waals surface area contributed by atoms with Gasteiger partial charge in [0.1, 0.15) is 11.5 Å². The smallest absolute Gasteiger partial charge is 0.338 e. The SMILES string of the molecule is Cc1sc(NC(=O)CN2CSCC2=O)c(C(=O)O)c1C. The number of anilines is 1. The Hall–Kier alpha value is -1.54. The predicted molar refractivity (Wildman–Crippen MR) is 78.4 cm³/mol. The highest BCUT2D eigenvalue weighted by atomic mass is 32.2. The Balaban J connectivity index is 2.10. The van der Waals surface area contributed by atoms with Crippen LogP contribution in [-0.4, -0.2) is 46.0 Å². The molecule has 1 aliphatic heterocycles. The van der Waals surface area contributed by atoms with Crippen molar-refractivity contribution >= 4 is 45.9 Å². The Morgan fingerprint density at radius 1 is 1.40 bits per heavy atom. The molecular formula is C12H14N2O4S2. The number of hydrogen-bond acceptors (Lipinski definition) is 5. The zero-order valence-corrected chi connectivity index (χ0v) is 12.7. The maximum atomic E-state index is 11.9. The summed E-state index contributed by atoms with van der Waals surface area (Å²) in [7, 11) is 0. The first-order valence-corrected chi connectivity index (χ1v) is 7.86. The molecule has 0 spiro atoms. The monoisotopic (exact) mass is 314 g/mol. The molecule has 0 unspecified atom stereocenters. The molecule has 0 bridgehead atoms. The van der Waals surface area contributed by atoms with Crippen molar-refractivity contribution in [2.45, 2.75) is 13.8 Å². The molecule has 1 aromatic heterocycles. The van der Waals surface area contributed by atoms with Crippen LogP contribution >= 0.6 is 23.1 Å². The van der Waals surface area contributed by atoms with Crippen LogP contribution in [0.3, 0.4) is 0 Å². The van der Waals surface area contributed by atoms with Crippen LogP contribution in [0.15, 0.2) is 0 Å². The minimum atomic E-state index is -1.06. The van der Waals surface area contributed by atoms with E-state index in [0.29, 0.717) is 22.2 Å². The number of thiophene rings is 1. The molecule has 20 heavy (non-hydrogen) atoms. The van der Waals surface area contributed by atoms with E-state index in [1.807, 2.05) is 6.92 Å². The molecule has 2 N–H and O–H groups in total. The molecule has 1 fully saturated rings. The van der Waals surface area contributed by atoms with Gasteiger partial charge in [-0.15, -0.1) is 23.1 Å². The highest BCUT2D eigenvalue weighted by molar-refractivity contribution is 8.00. The van der Waals surface area contributed by atoms with Crippen LogP contribution in [-0.2, 0) is 9.59 Å². The van der Waals surface area contributed by atoms with Crippen molar-refractivity contribution in [2.75, 3.05) is 23.5 Å². The Bertz CT molecular complexity index is 582. The number of hydrogen-bond donors (Lipinski definition) is 2. The van der Waals surface area contributed by atoms with E-state index in [4.69, 9.17) is 0 Å². The number of aryl methyl sites for hydroxylation is 1. The van der Waals surface area contributed by atoms with Crippen LogP contribution in [0, 0.1) is 13.8 Å². The summed E-state index contributed by atoms with van der Waals surface area (Å²) < 4.78 is 0. The molecule has 2 heterocycles. The fourth-order valence-corrected chi connectivity index (χ4v) is 3.83. The van der Waals surface area contributed by atoms with Gasteiger partial charge >= 0.3 is 5.97 Å². The van der Waals surface area contributed by atoms with E-state index in [1.165, 1.54) is 28.0 Å². The number of carbonyl (C=O) groups excluding carboxylic acids is 2. The molecule has 0 aliphatic carbocycles. The topological polar surface area (TPSA) is 86.7 Å². The van der Waals surface area contributed by atoms with Gasteiger partial charge in [0.25, 0.3) is 0 Å². The van der Waals surface area contributed by atoms with E-state index in [1.54, 1.807) is 6.92 Å². The summed E-state index contributed by atoms with van der Waals surface area (Å²) in [5.74, 6) is -0.604. The first-order chi connectivity index (χ1) is 9.40. The molecule has 1 saturated heterocycles. The molecule has 0 atom stereocenters. The van der Waals surface area contributed by atoms with Crippen molar-refractivity contribution < 1.29 is 19.5 Å². The van der Waals surface area contributed by atoms with Crippen LogP contribution in [0.2, 0.25) is 0 Å². The van der Waals surface area contributed by atoms with Gasteiger partial charge in [-0.25, -0.2) is 4.79 Å². The third-order valence-electron chi connectivity index (χ3n) is 3.01. The largest absolute Gasteiger partial charge is 0.478 e. The fourth-order valence-electron chi connectivity index (χ4n) is 1.85. The molecule has 8 heteroatoms. The van der Waals surface area contributed by atoms with Crippen LogP contribution in [0.5, 0.6) is 0 Å². The van der Waals surface area contributed by atoms with Crippen LogP contribution in [0.25, 0.3) is 0 Å². The quantitative estimate of drug-likeness (QED) is 0.880. The van der Waals surface area contributed by atoms with Gasteiger partial charge in [-0.2, -0.15) is 0 Å². The average Bonchev–Trinajstić information content (AvgIpc) is 2.85. The van der Waals surface area contributed by atoms with Crippen molar-refractivity contribution in [3.63, 3.8) is 0 Å². The molecule has 1 aliphatic rings. The lowest BCUT2D eigenvalue weighted by Crippen LogP contribution is -2.34. The zero-order valence-electron chi connectivity index (χ0n) is 11.1. The zero-order chi connectivity index (χ0) is 14.9. The molecule has 1 aromatic rings. The highest BCUT2D eigenvalue weighted by Gasteiger charge is 2.25. The molecule has 0 saturated carbocycles. The van der Waals surface area contributed by atoms with Gasteiger partial charge in [0, 0.05) is 4.88 Å². The van der Waals surface area contributed by atoms with Crippen molar-refractivity contribution in [1.82, 2.24) is 4.90 Å². The van der Waals surface area contributed by atoms with Crippen molar-refractivity contribution in [2.24, 2.45) is 0 Å². The maximum absolute atomic E-state index is 11.9. The number of thioether (sulfide) groups is 1. The standard InChI is InChI=1S/C12H14N2O4S2/c1-6-7(2)20-11(10(6)12(17)18)13-8(15)3-14-5-19-4-9(14)16/h3-5H2,1-2H3,(H,13,15)(H,17,18). The lowest BCUT2D eigenvalue weighted by Gasteiger charge is -2.13. The number of rotatable bonds is 4. The second-order valence-electron chi connectivity index (χ2n) is 4.41. The number of aromatic carboxylic acids is 1. The maximum Gasteiger partial charge on any atom is 0.338 e. The summed E-state index contributed by atoms with van der Waals surface area (Å²) in [6, 6.07) is 0. The Kier molecular flexibility index (Phi) is 4.34. The molecule has 0 aromatic carbocycles. The predicted octanol–water partition coefficient (Wildman–Crippen LogP) is 1.53. The lowest BCUT2D eigenvalue weighted by molar-refractivity contribution is -0.130. The van der Waals surface area contributed by atoms with E-state index in [-0.39, 0.29) is 23.9 Å². The highest BCUT2D eigenvalue weighted by Crippen LogP contribution is 2.32. The number of nitrogens with zero attached hydrogens (tertiary/aromatic N) is 1. The van der Waals surface area contributed by atoms with Crippen LogP contribution in [0.1, 0.15) is 20.8 Å². The molecule has 2 rings (SSSR count). The Morgan fingerprint density at radius 2 is 2.10 bits per heavy atom. The third-order valence-corrected chi connectivity index (χ3v) is 5.08. The van der Waals surface area contributed by atoms with Crippen molar-refractivity contribution in [1.29, 1.82) is 0 Å². The normalized spacial score (nSPS) is 14.7. The van der Waals surface area contributed by atoms with Gasteiger partial charge in [0.15, 0.2) is 0 Å². The van der Waals surface area contributed by atoms with Gasteiger partial charge < -0.3 is 15.3 Å². The van der Waals surface area contributed by atoms with Crippen LogP contribution in [0.4, 0.5) is 5.00 Å². The van der Waals surface area contributed by atoms with Crippen molar-refractivity contribution in [3.8, 4) is 0 Å². The van der Waals surface area contributed by atoms with E-state index in [2.05, 4.69) is 5.32 Å². The molecule has 0 radical (unpaired) electrons. The minimum absolute atomic E-state index is 0.0408. The van der Waals surface area contributed by atoms with E-state index < -0.39 is 5.97 Å². The first kappa shape index (κ1) is 14.9. The number of carboxylic acids is 1. The number of carbonyl (C=O) groups is 3. The summed E-state index contributed by atoms with van der Waals surface area (Å²) in [4.78, 5) is 36.9. The van der Waals surface area contributed by atoms with Crippen LogP contribution < -0.4 is 5.32 Å². The van der Waals surface area contributed by atoms with Crippen molar-refractivity contribution in [3.05, 3.63) is 16.0 Å². The molecule has 2 amide bonds. The Labute approximate surface area is 124 Å². The lowest BCUT2D eigenvalue weighted by atomic mass is 10.1. The van der Waals surface area contributed by atoms with E-state index >= 15 is 0 Å². The summed E-state index contributed by atoms with van der Waals surface area (Å²) in [6.07, 6.45) is 0. The Morgan fingerprint density at radius 3 is 2.65 bits per heavy atom. The summed E-state index contributed by atoms with van der Waals surface area (Å²) >= 11 is 2.69. The first-order valence-electron chi connectivity index (χ1n) is 5.88. The van der Waals surface area contributed by atoms with Gasteiger partial charge in [-0.3, -0.25) is 9.59 Å². The second-order valence-corrected chi connectivity index (χ2v) is 6.59. The van der Waals surface area contributed by atoms with Gasteiger partial charge in [-0.1, -0.05) is 0 Å². The van der Waals surface area contributed by atoms with Gasteiger partial charge in [0.2, 0.25) is 11.8 Å². The summed E-state index contributed by atoms with van der Waals surface area (Å²) in [6.45, 7) is 3.48. The minimum Gasteiger partial charge on any atom is -0.478 e. The molecule has 6 nitrogen and oxygen atoms in total. The average molecular weight is 314 g/mol.